The molecule has 3 rings (SSSR count). The predicted molar refractivity (Wildman–Crippen MR) is 73.5 cm³/mol. The average Bonchev–Trinajstić information content (AvgIpc) is 2.81. The Bertz CT molecular complexity index is 916. The van der Waals surface area contributed by atoms with Crippen molar-refractivity contribution < 1.29 is 23.8 Å². The second-order valence-corrected chi connectivity index (χ2v) is 4.54. The molecule has 3 aromatic rings. The first-order valence-electron chi connectivity index (χ1n) is 6.06. The van der Waals surface area contributed by atoms with Crippen LogP contribution in [0.3, 0.4) is 0 Å². The number of hydrogen-bond acceptors (Lipinski definition) is 5. The monoisotopic (exact) mass is 286 g/mol. The van der Waals surface area contributed by atoms with Crippen molar-refractivity contribution >= 4 is 16.9 Å². The van der Waals surface area contributed by atoms with Gasteiger partial charge in [0.05, 0.1) is 10.9 Å². The van der Waals surface area contributed by atoms with Gasteiger partial charge in [0.1, 0.15) is 23.4 Å². The molecule has 0 aliphatic rings. The van der Waals surface area contributed by atoms with Crippen molar-refractivity contribution in [1.82, 2.24) is 0 Å². The first-order chi connectivity index (χ1) is 9.97. The van der Waals surface area contributed by atoms with Crippen molar-refractivity contribution in [2.24, 2.45) is 0 Å². The van der Waals surface area contributed by atoms with Crippen LogP contribution in [0, 0.1) is 6.92 Å². The normalized spacial score (nSPS) is 10.9. The van der Waals surface area contributed by atoms with Crippen LogP contribution in [0.4, 0.5) is 0 Å². The van der Waals surface area contributed by atoms with Gasteiger partial charge in [0, 0.05) is 11.6 Å². The summed E-state index contributed by atoms with van der Waals surface area (Å²) in [5.41, 5.74) is 0.513. The zero-order valence-corrected chi connectivity index (χ0v) is 10.9. The van der Waals surface area contributed by atoms with Crippen molar-refractivity contribution in [3.63, 3.8) is 0 Å². The molecule has 1 aromatic carbocycles. The molecule has 106 valence electrons. The van der Waals surface area contributed by atoms with Crippen LogP contribution in [0.25, 0.3) is 22.1 Å². The molecule has 2 aromatic heterocycles. The Morgan fingerprint density at radius 3 is 2.62 bits per heavy atom. The lowest BCUT2D eigenvalue weighted by atomic mass is 10.1. The van der Waals surface area contributed by atoms with Crippen LogP contribution in [-0.4, -0.2) is 16.2 Å². The van der Waals surface area contributed by atoms with Crippen LogP contribution in [-0.2, 0) is 0 Å². The fourth-order valence-corrected chi connectivity index (χ4v) is 2.16. The minimum Gasteiger partial charge on any atom is -0.508 e. The smallest absolute Gasteiger partial charge is 0.371 e. The standard InChI is InChI=1S/C15H10O6/c1-7-10(5-13(21-7)15(18)19)11-6-20-12-4-8(16)2-3-9(12)14(11)17/h2-6,16H,1H3,(H,18,19). The van der Waals surface area contributed by atoms with Crippen LogP contribution in [0.2, 0.25) is 0 Å². The number of benzene rings is 1. The third kappa shape index (κ3) is 2.06. The van der Waals surface area contributed by atoms with E-state index in [1.165, 1.54) is 30.5 Å². The molecule has 0 fully saturated rings. The summed E-state index contributed by atoms with van der Waals surface area (Å²) in [7, 11) is 0. The number of carbonyl (C=O) groups is 1. The number of carboxylic acid groups (broad SMARTS) is 1. The Labute approximate surface area is 117 Å². The molecule has 6 nitrogen and oxygen atoms in total. The van der Waals surface area contributed by atoms with Crippen molar-refractivity contribution in [2.45, 2.75) is 6.92 Å². The van der Waals surface area contributed by atoms with Crippen molar-refractivity contribution in [3.8, 4) is 16.9 Å². The molecule has 0 atom stereocenters. The molecule has 2 heterocycles. The topological polar surface area (TPSA) is 101 Å². The van der Waals surface area contributed by atoms with Crippen LogP contribution in [0.1, 0.15) is 16.3 Å². The summed E-state index contributed by atoms with van der Waals surface area (Å²) in [5.74, 6) is -1.14. The summed E-state index contributed by atoms with van der Waals surface area (Å²) < 4.78 is 10.4. The van der Waals surface area contributed by atoms with Crippen LogP contribution in [0.5, 0.6) is 5.75 Å². The molecule has 0 saturated heterocycles. The molecule has 0 saturated carbocycles. The van der Waals surface area contributed by atoms with Gasteiger partial charge in [-0.2, -0.15) is 0 Å². The molecule has 0 spiro atoms. The molecule has 0 bridgehead atoms. The maximum absolute atomic E-state index is 12.4. The van der Waals surface area contributed by atoms with Crippen molar-refractivity contribution in [1.29, 1.82) is 0 Å². The molecular formula is C15H10O6. The molecule has 0 unspecified atom stereocenters. The quantitative estimate of drug-likeness (QED) is 0.751. The summed E-state index contributed by atoms with van der Waals surface area (Å²) in [6, 6.07) is 5.46. The first kappa shape index (κ1) is 13.0. The lowest BCUT2D eigenvalue weighted by Gasteiger charge is -2.01. The van der Waals surface area contributed by atoms with Crippen LogP contribution >= 0.6 is 0 Å². The van der Waals surface area contributed by atoms with Crippen LogP contribution < -0.4 is 5.43 Å². The third-order valence-corrected chi connectivity index (χ3v) is 3.18. The van der Waals surface area contributed by atoms with Crippen molar-refractivity contribution in [3.05, 3.63) is 52.3 Å². The second kappa shape index (κ2) is 4.52. The highest BCUT2D eigenvalue weighted by molar-refractivity contribution is 5.88. The van der Waals surface area contributed by atoms with Gasteiger partial charge in [0.15, 0.2) is 0 Å². The molecule has 0 radical (unpaired) electrons. The predicted octanol–water partition coefficient (Wildman–Crippen LogP) is 2.77. The van der Waals surface area contributed by atoms with E-state index in [1.54, 1.807) is 6.92 Å². The Morgan fingerprint density at radius 1 is 1.19 bits per heavy atom. The first-order valence-corrected chi connectivity index (χ1v) is 6.06. The molecule has 2 N–H and O–H groups in total. The van der Waals surface area contributed by atoms with Gasteiger partial charge in [0.25, 0.3) is 0 Å². The highest BCUT2D eigenvalue weighted by Gasteiger charge is 2.18. The summed E-state index contributed by atoms with van der Waals surface area (Å²) in [5, 5.41) is 18.6. The molecule has 0 amide bonds. The zero-order valence-electron chi connectivity index (χ0n) is 10.9. The maximum Gasteiger partial charge on any atom is 0.371 e. The minimum atomic E-state index is -1.21. The van der Waals surface area contributed by atoms with Gasteiger partial charge < -0.3 is 19.0 Å². The van der Waals surface area contributed by atoms with Gasteiger partial charge in [-0.15, -0.1) is 0 Å². The number of phenols is 1. The third-order valence-electron chi connectivity index (χ3n) is 3.18. The number of phenolic OH excluding ortho intramolecular Hbond substituents is 1. The summed E-state index contributed by atoms with van der Waals surface area (Å²) in [4.78, 5) is 23.4. The molecule has 6 heteroatoms. The lowest BCUT2D eigenvalue weighted by Crippen LogP contribution is -2.04. The Kier molecular flexibility index (Phi) is 2.79. The fraction of sp³-hybridized carbons (Fsp3) is 0.0667. The highest BCUT2D eigenvalue weighted by atomic mass is 16.4. The summed E-state index contributed by atoms with van der Waals surface area (Å²) in [6.45, 7) is 1.57. The number of aromatic hydroxyl groups is 1. The number of furan rings is 1. The van der Waals surface area contributed by atoms with Gasteiger partial charge in [-0.3, -0.25) is 4.79 Å². The van der Waals surface area contributed by atoms with E-state index in [2.05, 4.69) is 0 Å². The van der Waals surface area contributed by atoms with Gasteiger partial charge in [-0.1, -0.05) is 0 Å². The van der Waals surface area contributed by atoms with E-state index in [4.69, 9.17) is 13.9 Å². The largest absolute Gasteiger partial charge is 0.508 e. The highest BCUT2D eigenvalue weighted by Crippen LogP contribution is 2.27. The van der Waals surface area contributed by atoms with Gasteiger partial charge in [0.2, 0.25) is 11.2 Å². The number of rotatable bonds is 2. The summed E-state index contributed by atoms with van der Waals surface area (Å²) >= 11 is 0. The SMILES string of the molecule is Cc1oc(C(=O)O)cc1-c1coc2cc(O)ccc2c1=O. The Balaban J connectivity index is 2.26. The second-order valence-electron chi connectivity index (χ2n) is 4.54. The molecule has 21 heavy (non-hydrogen) atoms. The number of fused-ring (bicyclic) bond motifs is 1. The van der Waals surface area contributed by atoms with E-state index in [9.17, 15) is 14.7 Å². The van der Waals surface area contributed by atoms with E-state index >= 15 is 0 Å². The number of carboxylic acids is 1. The zero-order chi connectivity index (χ0) is 15.1. The maximum atomic E-state index is 12.4. The van der Waals surface area contributed by atoms with E-state index in [-0.39, 0.29) is 28.1 Å². The van der Waals surface area contributed by atoms with Gasteiger partial charge in [-0.25, -0.2) is 4.79 Å². The minimum absolute atomic E-state index is 0.00828. The van der Waals surface area contributed by atoms with Gasteiger partial charge in [-0.05, 0) is 25.1 Å². The average molecular weight is 286 g/mol. The van der Waals surface area contributed by atoms with E-state index in [1.807, 2.05) is 0 Å². The molecule has 0 aliphatic carbocycles. The van der Waals surface area contributed by atoms with E-state index in [0.29, 0.717) is 16.7 Å². The fourth-order valence-electron chi connectivity index (χ4n) is 2.16. The Hall–Kier alpha value is -3.02. The van der Waals surface area contributed by atoms with Crippen LogP contribution in [0.15, 0.2) is 44.2 Å². The van der Waals surface area contributed by atoms with Gasteiger partial charge >= 0.3 is 5.97 Å². The lowest BCUT2D eigenvalue weighted by molar-refractivity contribution is 0.0661. The molecular weight excluding hydrogens is 276 g/mol. The number of aromatic carboxylic acids is 1. The van der Waals surface area contributed by atoms with E-state index in [0.717, 1.165) is 0 Å². The number of aryl methyl sites for hydroxylation is 1. The Morgan fingerprint density at radius 2 is 1.95 bits per heavy atom. The number of hydrogen-bond donors (Lipinski definition) is 2. The van der Waals surface area contributed by atoms with Crippen molar-refractivity contribution in [2.75, 3.05) is 0 Å². The van der Waals surface area contributed by atoms with E-state index < -0.39 is 5.97 Å². The molecule has 0 aliphatic heterocycles. The summed E-state index contributed by atoms with van der Waals surface area (Å²) in [6.07, 6.45) is 1.23.